The number of rotatable bonds is 6. The molecule has 0 bridgehead atoms. The number of para-hydroxylation sites is 2. The number of methoxy groups -OCH3 is 1. The van der Waals surface area contributed by atoms with Crippen LogP contribution >= 0.6 is 0 Å². The standard InChI is InChI=1S/C24H27N3O4/c1-31-21-8-3-2-7-20(21)26-23(29)17-11-13-27(14-12-17)24(30)18-5-4-6-19(15-18)25-22(28)16-9-10-16/h2-8,15-17H,9-14H2,1H3,(H,25,28)(H,26,29). The molecule has 1 aliphatic carbocycles. The molecule has 7 nitrogen and oxygen atoms in total. The van der Waals surface area contributed by atoms with Gasteiger partial charge in [0, 0.05) is 36.2 Å². The molecule has 3 amide bonds. The molecule has 4 rings (SSSR count). The maximum Gasteiger partial charge on any atom is 0.253 e. The third kappa shape index (κ3) is 5.05. The van der Waals surface area contributed by atoms with Crippen LogP contribution < -0.4 is 15.4 Å². The Kier molecular flexibility index (Phi) is 6.21. The largest absolute Gasteiger partial charge is 0.495 e. The zero-order valence-electron chi connectivity index (χ0n) is 17.6. The predicted octanol–water partition coefficient (Wildman–Crippen LogP) is 3.53. The number of carbonyl (C=O) groups excluding carboxylic acids is 3. The fraction of sp³-hybridized carbons (Fsp3) is 0.375. The molecule has 0 aromatic heterocycles. The molecule has 2 aromatic rings. The Labute approximate surface area is 181 Å². The van der Waals surface area contributed by atoms with Crippen molar-refractivity contribution >= 4 is 29.1 Å². The lowest BCUT2D eigenvalue weighted by Gasteiger charge is -2.31. The number of carbonyl (C=O) groups is 3. The van der Waals surface area contributed by atoms with Gasteiger partial charge in [-0.15, -0.1) is 0 Å². The molecule has 1 aliphatic heterocycles. The van der Waals surface area contributed by atoms with Crippen LogP contribution in [-0.4, -0.2) is 42.8 Å². The summed E-state index contributed by atoms with van der Waals surface area (Å²) in [6.07, 6.45) is 3.07. The van der Waals surface area contributed by atoms with Crippen LogP contribution in [0.5, 0.6) is 5.75 Å². The summed E-state index contributed by atoms with van der Waals surface area (Å²) in [5.41, 5.74) is 1.85. The van der Waals surface area contributed by atoms with Gasteiger partial charge in [-0.1, -0.05) is 18.2 Å². The van der Waals surface area contributed by atoms with Crippen molar-refractivity contribution in [2.45, 2.75) is 25.7 Å². The molecule has 162 valence electrons. The number of nitrogens with one attached hydrogen (secondary N) is 2. The summed E-state index contributed by atoms with van der Waals surface area (Å²) in [6, 6.07) is 14.4. The first-order chi connectivity index (χ1) is 15.0. The van der Waals surface area contributed by atoms with E-state index in [1.807, 2.05) is 18.2 Å². The Bertz CT molecular complexity index is 978. The molecule has 1 heterocycles. The van der Waals surface area contributed by atoms with Crippen LogP contribution in [-0.2, 0) is 9.59 Å². The molecule has 2 fully saturated rings. The van der Waals surface area contributed by atoms with Crippen molar-refractivity contribution < 1.29 is 19.1 Å². The number of amides is 3. The Hall–Kier alpha value is -3.35. The highest BCUT2D eigenvalue weighted by Crippen LogP contribution is 2.30. The smallest absolute Gasteiger partial charge is 0.253 e. The molecule has 1 saturated carbocycles. The minimum absolute atomic E-state index is 0.0199. The van der Waals surface area contributed by atoms with Gasteiger partial charge in [0.05, 0.1) is 12.8 Å². The van der Waals surface area contributed by atoms with E-state index in [0.717, 1.165) is 12.8 Å². The summed E-state index contributed by atoms with van der Waals surface area (Å²) >= 11 is 0. The predicted molar refractivity (Wildman–Crippen MR) is 118 cm³/mol. The van der Waals surface area contributed by atoms with Gasteiger partial charge in [0.2, 0.25) is 11.8 Å². The highest BCUT2D eigenvalue weighted by Gasteiger charge is 2.30. The van der Waals surface area contributed by atoms with Crippen LogP contribution in [0, 0.1) is 11.8 Å². The maximum absolute atomic E-state index is 12.9. The molecule has 31 heavy (non-hydrogen) atoms. The van der Waals surface area contributed by atoms with E-state index in [2.05, 4.69) is 10.6 Å². The second-order valence-electron chi connectivity index (χ2n) is 8.10. The Morgan fingerprint density at radius 2 is 1.55 bits per heavy atom. The van der Waals surface area contributed by atoms with Crippen molar-refractivity contribution in [2.75, 3.05) is 30.8 Å². The lowest BCUT2D eigenvalue weighted by atomic mass is 9.95. The number of anilines is 2. The first-order valence-electron chi connectivity index (χ1n) is 10.7. The fourth-order valence-corrected chi connectivity index (χ4v) is 3.83. The van der Waals surface area contributed by atoms with Crippen molar-refractivity contribution in [3.63, 3.8) is 0 Å². The molecule has 0 spiro atoms. The zero-order valence-corrected chi connectivity index (χ0v) is 17.6. The summed E-state index contributed by atoms with van der Waals surface area (Å²) in [6.45, 7) is 1.03. The van der Waals surface area contributed by atoms with Crippen molar-refractivity contribution in [2.24, 2.45) is 11.8 Å². The molecular weight excluding hydrogens is 394 g/mol. The average molecular weight is 421 g/mol. The average Bonchev–Trinajstić information content (AvgIpc) is 3.65. The van der Waals surface area contributed by atoms with Gasteiger partial charge >= 0.3 is 0 Å². The summed E-state index contributed by atoms with van der Waals surface area (Å²) in [5.74, 6) is 0.467. The Morgan fingerprint density at radius 3 is 2.26 bits per heavy atom. The number of nitrogens with zero attached hydrogens (tertiary/aromatic N) is 1. The van der Waals surface area contributed by atoms with E-state index in [1.165, 1.54) is 0 Å². The highest BCUT2D eigenvalue weighted by molar-refractivity contribution is 5.98. The van der Waals surface area contributed by atoms with Gasteiger partial charge in [0.1, 0.15) is 5.75 Å². The fourth-order valence-electron chi connectivity index (χ4n) is 3.83. The topological polar surface area (TPSA) is 87.7 Å². The van der Waals surface area contributed by atoms with Gasteiger partial charge in [-0.25, -0.2) is 0 Å². The van der Waals surface area contributed by atoms with E-state index < -0.39 is 0 Å². The second kappa shape index (κ2) is 9.20. The van der Waals surface area contributed by atoms with Gasteiger partial charge in [0.25, 0.3) is 5.91 Å². The molecule has 0 radical (unpaired) electrons. The second-order valence-corrected chi connectivity index (χ2v) is 8.10. The molecule has 0 unspecified atom stereocenters. The third-order valence-electron chi connectivity index (χ3n) is 5.84. The zero-order chi connectivity index (χ0) is 21.8. The van der Waals surface area contributed by atoms with Crippen molar-refractivity contribution in [3.05, 3.63) is 54.1 Å². The third-order valence-corrected chi connectivity index (χ3v) is 5.84. The van der Waals surface area contributed by atoms with E-state index in [-0.39, 0.29) is 29.6 Å². The van der Waals surface area contributed by atoms with Crippen LogP contribution in [0.1, 0.15) is 36.0 Å². The number of piperidine rings is 1. The first kappa shape index (κ1) is 20.9. The molecule has 7 heteroatoms. The number of likely N-dealkylation sites (tertiary alicyclic amines) is 1. The quantitative estimate of drug-likeness (QED) is 0.747. The van der Waals surface area contributed by atoms with Gasteiger partial charge in [-0.05, 0) is 56.0 Å². The van der Waals surface area contributed by atoms with E-state index in [1.54, 1.807) is 42.3 Å². The molecular formula is C24H27N3O4. The van der Waals surface area contributed by atoms with Crippen LogP contribution in [0.15, 0.2) is 48.5 Å². The lowest BCUT2D eigenvalue weighted by molar-refractivity contribution is -0.121. The minimum Gasteiger partial charge on any atom is -0.495 e. The summed E-state index contributed by atoms with van der Waals surface area (Å²) in [4.78, 5) is 39.4. The van der Waals surface area contributed by atoms with Crippen LogP contribution in [0.4, 0.5) is 11.4 Å². The van der Waals surface area contributed by atoms with Gasteiger partial charge < -0.3 is 20.3 Å². The van der Waals surface area contributed by atoms with Gasteiger partial charge in [0.15, 0.2) is 0 Å². The van der Waals surface area contributed by atoms with Crippen LogP contribution in [0.3, 0.4) is 0 Å². The normalized spacial score (nSPS) is 16.5. The number of ether oxygens (including phenoxy) is 1. The van der Waals surface area contributed by atoms with Crippen molar-refractivity contribution in [1.82, 2.24) is 4.90 Å². The first-order valence-corrected chi connectivity index (χ1v) is 10.7. The maximum atomic E-state index is 12.9. The number of benzene rings is 2. The van der Waals surface area contributed by atoms with Crippen LogP contribution in [0.25, 0.3) is 0 Å². The summed E-state index contributed by atoms with van der Waals surface area (Å²) < 4.78 is 5.29. The van der Waals surface area contributed by atoms with E-state index >= 15 is 0 Å². The van der Waals surface area contributed by atoms with Crippen LogP contribution in [0.2, 0.25) is 0 Å². The molecule has 1 saturated heterocycles. The molecule has 2 N–H and O–H groups in total. The summed E-state index contributed by atoms with van der Waals surface area (Å²) in [7, 11) is 1.57. The van der Waals surface area contributed by atoms with Gasteiger partial charge in [-0.3, -0.25) is 14.4 Å². The molecule has 2 aromatic carbocycles. The van der Waals surface area contributed by atoms with E-state index in [4.69, 9.17) is 4.74 Å². The monoisotopic (exact) mass is 421 g/mol. The number of hydrogen-bond acceptors (Lipinski definition) is 4. The van der Waals surface area contributed by atoms with E-state index in [9.17, 15) is 14.4 Å². The Balaban J connectivity index is 1.32. The SMILES string of the molecule is COc1ccccc1NC(=O)C1CCN(C(=O)c2cccc(NC(=O)C3CC3)c2)CC1. The minimum atomic E-state index is -0.155. The van der Waals surface area contributed by atoms with E-state index in [0.29, 0.717) is 48.6 Å². The summed E-state index contributed by atoms with van der Waals surface area (Å²) in [5, 5.41) is 5.82. The van der Waals surface area contributed by atoms with Crippen molar-refractivity contribution in [3.8, 4) is 5.75 Å². The lowest BCUT2D eigenvalue weighted by Crippen LogP contribution is -2.41. The molecule has 0 atom stereocenters. The van der Waals surface area contributed by atoms with Crippen molar-refractivity contribution in [1.29, 1.82) is 0 Å². The Morgan fingerprint density at radius 1 is 0.871 bits per heavy atom. The molecule has 2 aliphatic rings. The van der Waals surface area contributed by atoms with Gasteiger partial charge in [-0.2, -0.15) is 0 Å². The number of hydrogen-bond donors (Lipinski definition) is 2. The highest BCUT2D eigenvalue weighted by atomic mass is 16.5.